The van der Waals surface area contributed by atoms with Crippen molar-refractivity contribution < 1.29 is 14.3 Å². The number of Topliss-reactive ketones (excluding diaryl/α,β-unsaturated/α-hetero) is 1. The van der Waals surface area contributed by atoms with Gasteiger partial charge in [0, 0.05) is 12.0 Å². The van der Waals surface area contributed by atoms with Gasteiger partial charge in [-0.1, -0.05) is 0 Å². The molecule has 0 fully saturated rings. The molecule has 1 aliphatic rings. The highest BCUT2D eigenvalue weighted by molar-refractivity contribution is 5.84. The number of fused-ring (bicyclic) bond motifs is 1. The summed E-state index contributed by atoms with van der Waals surface area (Å²) < 4.78 is 10.1. The number of carbonyl (C=O) groups excluding carboxylic acids is 1. The van der Waals surface area contributed by atoms with E-state index in [-0.39, 0.29) is 12.4 Å². The average Bonchev–Trinajstić information content (AvgIpc) is 2.16. The number of hydrogen-bond acceptors (Lipinski definition) is 4. The molecular formula is C9H9NO3. The van der Waals surface area contributed by atoms with Gasteiger partial charge in [-0.2, -0.15) is 0 Å². The maximum Gasteiger partial charge on any atom is 0.217 e. The van der Waals surface area contributed by atoms with Crippen LogP contribution in [0.15, 0.2) is 12.3 Å². The lowest BCUT2D eigenvalue weighted by molar-refractivity contribution is -0.121. The predicted molar refractivity (Wildman–Crippen MR) is 45.0 cm³/mol. The Bertz CT molecular complexity index is 349. The number of methoxy groups -OCH3 is 1. The van der Waals surface area contributed by atoms with E-state index in [0.717, 1.165) is 5.56 Å². The van der Waals surface area contributed by atoms with Gasteiger partial charge in [0.25, 0.3) is 0 Å². The van der Waals surface area contributed by atoms with E-state index in [1.54, 1.807) is 19.4 Å². The van der Waals surface area contributed by atoms with E-state index in [2.05, 4.69) is 4.98 Å². The molecule has 2 rings (SSSR count). The molecule has 0 aliphatic carbocycles. The Balaban J connectivity index is 2.38. The number of aromatic nitrogens is 1. The molecule has 1 aromatic rings. The molecule has 13 heavy (non-hydrogen) atoms. The summed E-state index contributed by atoms with van der Waals surface area (Å²) in [6.07, 6.45) is 1.97. The first-order valence-electron chi connectivity index (χ1n) is 3.97. The summed E-state index contributed by atoms with van der Waals surface area (Å²) >= 11 is 0. The van der Waals surface area contributed by atoms with Crippen LogP contribution < -0.4 is 9.47 Å². The normalized spacial score (nSPS) is 14.7. The van der Waals surface area contributed by atoms with Crippen LogP contribution in [0.5, 0.6) is 11.6 Å². The lowest BCUT2D eigenvalue weighted by Crippen LogP contribution is -2.20. The van der Waals surface area contributed by atoms with Gasteiger partial charge in [-0.05, 0) is 6.07 Å². The number of rotatable bonds is 1. The van der Waals surface area contributed by atoms with E-state index in [1.165, 1.54) is 0 Å². The maximum absolute atomic E-state index is 11.0. The molecule has 68 valence electrons. The summed E-state index contributed by atoms with van der Waals surface area (Å²) in [7, 11) is 1.56. The summed E-state index contributed by atoms with van der Waals surface area (Å²) in [5, 5.41) is 0. The molecule has 0 radical (unpaired) electrons. The third kappa shape index (κ3) is 1.47. The van der Waals surface area contributed by atoms with E-state index < -0.39 is 0 Å². The van der Waals surface area contributed by atoms with Crippen LogP contribution in [0, 0.1) is 0 Å². The second kappa shape index (κ2) is 3.05. The molecule has 1 aliphatic heterocycles. The standard InChI is InChI=1S/C9H9NO3/c1-12-8-3-6-2-7(11)5-13-9(6)10-4-8/h3-4H,2,5H2,1H3. The van der Waals surface area contributed by atoms with E-state index in [1.807, 2.05) is 0 Å². The number of ether oxygens (including phenoxy) is 2. The van der Waals surface area contributed by atoms with Gasteiger partial charge in [-0.15, -0.1) is 0 Å². The van der Waals surface area contributed by atoms with E-state index in [9.17, 15) is 4.79 Å². The fourth-order valence-electron chi connectivity index (χ4n) is 1.26. The Morgan fingerprint density at radius 2 is 2.46 bits per heavy atom. The Kier molecular flexibility index (Phi) is 1.88. The molecule has 4 nitrogen and oxygen atoms in total. The lowest BCUT2D eigenvalue weighted by Gasteiger charge is -2.15. The minimum Gasteiger partial charge on any atom is -0.495 e. The number of ketones is 1. The molecule has 0 spiro atoms. The molecular weight excluding hydrogens is 170 g/mol. The maximum atomic E-state index is 11.0. The van der Waals surface area contributed by atoms with Gasteiger partial charge in [0.1, 0.15) is 12.4 Å². The Morgan fingerprint density at radius 3 is 3.23 bits per heavy atom. The first-order chi connectivity index (χ1) is 6.29. The molecule has 0 N–H and O–H groups in total. The van der Waals surface area contributed by atoms with Crippen LogP contribution in [0.3, 0.4) is 0 Å². The minimum absolute atomic E-state index is 0.0718. The highest BCUT2D eigenvalue weighted by Gasteiger charge is 2.18. The van der Waals surface area contributed by atoms with Gasteiger partial charge in [0.2, 0.25) is 5.88 Å². The molecule has 0 atom stereocenters. The zero-order valence-corrected chi connectivity index (χ0v) is 7.24. The Labute approximate surface area is 75.5 Å². The number of nitrogens with zero attached hydrogens (tertiary/aromatic N) is 1. The third-order valence-corrected chi connectivity index (χ3v) is 1.89. The second-order valence-corrected chi connectivity index (χ2v) is 2.84. The largest absolute Gasteiger partial charge is 0.495 e. The highest BCUT2D eigenvalue weighted by Crippen LogP contribution is 2.24. The van der Waals surface area contributed by atoms with Crippen molar-refractivity contribution >= 4 is 5.78 Å². The Hall–Kier alpha value is -1.58. The molecule has 0 saturated carbocycles. The monoisotopic (exact) mass is 179 g/mol. The molecule has 0 aromatic carbocycles. The topological polar surface area (TPSA) is 48.4 Å². The first kappa shape index (κ1) is 8.04. The summed E-state index contributed by atoms with van der Waals surface area (Å²) in [6, 6.07) is 1.78. The fraction of sp³-hybridized carbons (Fsp3) is 0.333. The molecule has 0 saturated heterocycles. The molecule has 1 aromatic heterocycles. The predicted octanol–water partition coefficient (Wildman–Crippen LogP) is 0.594. The summed E-state index contributed by atoms with van der Waals surface area (Å²) in [6.45, 7) is 0.131. The average molecular weight is 179 g/mol. The quantitative estimate of drug-likeness (QED) is 0.633. The van der Waals surface area contributed by atoms with E-state index >= 15 is 0 Å². The molecule has 0 bridgehead atoms. The van der Waals surface area contributed by atoms with Crippen molar-refractivity contribution in [2.24, 2.45) is 0 Å². The van der Waals surface area contributed by atoms with Crippen LogP contribution in [0.25, 0.3) is 0 Å². The number of hydrogen-bond donors (Lipinski definition) is 0. The van der Waals surface area contributed by atoms with Gasteiger partial charge >= 0.3 is 0 Å². The van der Waals surface area contributed by atoms with Crippen molar-refractivity contribution in [1.29, 1.82) is 0 Å². The van der Waals surface area contributed by atoms with Crippen molar-refractivity contribution in [3.05, 3.63) is 17.8 Å². The van der Waals surface area contributed by atoms with Crippen molar-refractivity contribution in [1.82, 2.24) is 4.98 Å². The van der Waals surface area contributed by atoms with Gasteiger partial charge in [0.15, 0.2) is 5.78 Å². The van der Waals surface area contributed by atoms with Gasteiger partial charge in [-0.3, -0.25) is 4.79 Å². The van der Waals surface area contributed by atoms with Crippen LogP contribution in [0.1, 0.15) is 5.56 Å². The van der Waals surface area contributed by atoms with E-state index in [0.29, 0.717) is 18.1 Å². The lowest BCUT2D eigenvalue weighted by atomic mass is 10.1. The highest BCUT2D eigenvalue weighted by atomic mass is 16.5. The van der Waals surface area contributed by atoms with Crippen molar-refractivity contribution in [3.63, 3.8) is 0 Å². The van der Waals surface area contributed by atoms with Crippen LogP contribution >= 0.6 is 0 Å². The van der Waals surface area contributed by atoms with Crippen LogP contribution in [-0.2, 0) is 11.2 Å². The van der Waals surface area contributed by atoms with E-state index in [4.69, 9.17) is 9.47 Å². The van der Waals surface area contributed by atoms with Crippen molar-refractivity contribution in [2.45, 2.75) is 6.42 Å². The fourth-order valence-corrected chi connectivity index (χ4v) is 1.26. The zero-order valence-electron chi connectivity index (χ0n) is 7.24. The van der Waals surface area contributed by atoms with Crippen LogP contribution in [-0.4, -0.2) is 24.5 Å². The zero-order chi connectivity index (χ0) is 9.26. The summed E-state index contributed by atoms with van der Waals surface area (Å²) in [4.78, 5) is 15.1. The van der Waals surface area contributed by atoms with Gasteiger partial charge in [0.05, 0.1) is 13.3 Å². The van der Waals surface area contributed by atoms with Gasteiger partial charge < -0.3 is 9.47 Å². The number of carbonyl (C=O) groups is 1. The van der Waals surface area contributed by atoms with Gasteiger partial charge in [-0.25, -0.2) is 4.98 Å². The van der Waals surface area contributed by atoms with Crippen molar-refractivity contribution in [2.75, 3.05) is 13.7 Å². The molecule has 0 unspecified atom stereocenters. The summed E-state index contributed by atoms with van der Waals surface area (Å²) in [5.41, 5.74) is 0.801. The SMILES string of the molecule is COc1cnc2c(c1)CC(=O)CO2. The minimum atomic E-state index is 0.0718. The number of pyridine rings is 1. The molecule has 0 amide bonds. The van der Waals surface area contributed by atoms with Crippen molar-refractivity contribution in [3.8, 4) is 11.6 Å². The summed E-state index contributed by atoms with van der Waals surface area (Å²) in [5.74, 6) is 1.26. The molecule has 4 heteroatoms. The molecule has 2 heterocycles. The smallest absolute Gasteiger partial charge is 0.217 e. The first-order valence-corrected chi connectivity index (χ1v) is 3.97. The third-order valence-electron chi connectivity index (χ3n) is 1.89. The Morgan fingerprint density at radius 1 is 1.62 bits per heavy atom. The van der Waals surface area contributed by atoms with Crippen LogP contribution in [0.4, 0.5) is 0 Å². The van der Waals surface area contributed by atoms with Crippen LogP contribution in [0.2, 0.25) is 0 Å². The second-order valence-electron chi connectivity index (χ2n) is 2.84.